The lowest BCUT2D eigenvalue weighted by atomic mass is 10.0. The van der Waals surface area contributed by atoms with Crippen molar-refractivity contribution in [2.24, 2.45) is 0 Å². The van der Waals surface area contributed by atoms with Crippen molar-refractivity contribution in [3.8, 4) is 16.9 Å². The maximum absolute atomic E-state index is 16.0. The maximum atomic E-state index is 16.0. The predicted molar refractivity (Wildman–Crippen MR) is 129 cm³/mol. The lowest BCUT2D eigenvalue weighted by molar-refractivity contribution is 0.413. The Morgan fingerprint density at radius 2 is 1.97 bits per heavy atom. The number of hydrogen-bond acceptors (Lipinski definition) is 7. The monoisotopic (exact) mass is 511 g/mol. The Morgan fingerprint density at radius 3 is 2.65 bits per heavy atom. The summed E-state index contributed by atoms with van der Waals surface area (Å²) in [5, 5.41) is 3.57. The van der Waals surface area contributed by atoms with Crippen LogP contribution in [0.25, 0.3) is 22.0 Å². The van der Waals surface area contributed by atoms with Crippen LogP contribution in [0.15, 0.2) is 24.3 Å². The van der Waals surface area contributed by atoms with Crippen LogP contribution in [0.1, 0.15) is 13.8 Å². The number of benzene rings is 2. The number of aromatic nitrogens is 2. The number of methoxy groups -OCH3 is 1. The molecule has 0 aliphatic carbocycles. The van der Waals surface area contributed by atoms with Gasteiger partial charge in [-0.2, -0.15) is 4.98 Å². The van der Waals surface area contributed by atoms with Crippen molar-refractivity contribution < 1.29 is 21.9 Å². The summed E-state index contributed by atoms with van der Waals surface area (Å²) in [4.78, 5) is 10.5. The number of piperazine rings is 1. The Labute approximate surface area is 201 Å². The van der Waals surface area contributed by atoms with Crippen molar-refractivity contribution in [3.05, 3.63) is 40.9 Å². The Hall–Kier alpha value is -2.76. The minimum absolute atomic E-state index is 0.0337. The third kappa shape index (κ3) is 4.59. The van der Waals surface area contributed by atoms with E-state index in [0.717, 1.165) is 6.26 Å². The standard InChI is InChI=1S/C22H24ClF2N5O3S/c1-11-10-30(12(2)9-26-11)21-13-8-14(23)17(18-15(24)6-5-7-16(18)33-3)19(25)20(13)27-22(28-21)29-34(4,31)32/h5-8,11-12,26H,9-10H2,1-4H3,(H,27,28,29)/t11-,12+/m1/s1. The molecule has 4 rings (SSSR count). The molecular weight excluding hydrogens is 488 g/mol. The van der Waals surface area contributed by atoms with Gasteiger partial charge in [-0.05, 0) is 32.0 Å². The van der Waals surface area contributed by atoms with Crippen molar-refractivity contribution in [2.75, 3.05) is 36.1 Å². The van der Waals surface area contributed by atoms with Crippen LogP contribution in [0.3, 0.4) is 0 Å². The van der Waals surface area contributed by atoms with Gasteiger partial charge in [0.1, 0.15) is 22.9 Å². The fraction of sp³-hybridized carbons (Fsp3) is 0.364. The highest BCUT2D eigenvalue weighted by atomic mass is 35.5. The number of sulfonamides is 1. The molecule has 0 radical (unpaired) electrons. The minimum atomic E-state index is -3.75. The molecule has 0 unspecified atom stereocenters. The van der Waals surface area contributed by atoms with Crippen LogP contribution in [-0.4, -0.2) is 56.9 Å². The number of ether oxygens (including phenoxy) is 1. The van der Waals surface area contributed by atoms with Gasteiger partial charge >= 0.3 is 0 Å². The average Bonchev–Trinajstić information content (AvgIpc) is 2.75. The quantitative estimate of drug-likeness (QED) is 0.538. The van der Waals surface area contributed by atoms with E-state index in [2.05, 4.69) is 20.0 Å². The van der Waals surface area contributed by atoms with E-state index in [9.17, 15) is 12.8 Å². The lowest BCUT2D eigenvalue weighted by Gasteiger charge is -2.39. The van der Waals surface area contributed by atoms with Gasteiger partial charge in [-0.15, -0.1) is 0 Å². The summed E-state index contributed by atoms with van der Waals surface area (Å²) in [6.45, 7) is 5.14. The molecule has 8 nitrogen and oxygen atoms in total. The second-order valence-corrected chi connectivity index (χ2v) is 10.5. The number of hydrogen-bond donors (Lipinski definition) is 2. The first-order valence-electron chi connectivity index (χ1n) is 10.5. The smallest absolute Gasteiger partial charge is 0.239 e. The Bertz CT molecular complexity index is 1370. The van der Waals surface area contributed by atoms with E-state index in [-0.39, 0.29) is 50.8 Å². The van der Waals surface area contributed by atoms with E-state index in [0.29, 0.717) is 18.9 Å². The topological polar surface area (TPSA) is 96.5 Å². The van der Waals surface area contributed by atoms with E-state index < -0.39 is 21.7 Å². The van der Waals surface area contributed by atoms with E-state index in [1.165, 1.54) is 31.4 Å². The molecule has 1 aromatic heterocycles. The second-order valence-electron chi connectivity index (χ2n) is 8.32. The molecule has 0 spiro atoms. The third-order valence-corrected chi connectivity index (χ3v) is 6.47. The highest BCUT2D eigenvalue weighted by Crippen LogP contribution is 2.43. The molecule has 0 saturated carbocycles. The molecule has 2 N–H and O–H groups in total. The molecule has 1 fully saturated rings. The SMILES string of the molecule is COc1cccc(F)c1-c1c(Cl)cc2c(N3C[C@@H](C)NC[C@@H]3C)nc(NS(C)(=O)=O)nc2c1F. The van der Waals surface area contributed by atoms with Gasteiger partial charge in [-0.3, -0.25) is 4.72 Å². The van der Waals surface area contributed by atoms with Crippen molar-refractivity contribution >= 4 is 44.3 Å². The van der Waals surface area contributed by atoms with Crippen LogP contribution in [0.2, 0.25) is 5.02 Å². The average molecular weight is 512 g/mol. The summed E-state index contributed by atoms with van der Waals surface area (Å²) in [5.74, 6) is -1.52. The third-order valence-electron chi connectivity index (χ3n) is 5.62. The summed E-state index contributed by atoms with van der Waals surface area (Å²) in [6, 6.07) is 5.64. The molecule has 1 aliphatic rings. The number of nitrogens with zero attached hydrogens (tertiary/aromatic N) is 3. The minimum Gasteiger partial charge on any atom is -0.496 e. The zero-order valence-electron chi connectivity index (χ0n) is 19.0. The number of anilines is 2. The fourth-order valence-corrected chi connectivity index (χ4v) is 4.78. The second kappa shape index (κ2) is 9.12. The molecule has 2 atom stereocenters. The first kappa shape index (κ1) is 24.4. The molecule has 2 heterocycles. The Kier molecular flexibility index (Phi) is 6.54. The van der Waals surface area contributed by atoms with E-state index in [4.69, 9.17) is 16.3 Å². The molecule has 0 bridgehead atoms. The maximum Gasteiger partial charge on any atom is 0.239 e. The predicted octanol–water partition coefficient (Wildman–Crippen LogP) is 3.80. The summed E-state index contributed by atoms with van der Waals surface area (Å²) in [6.07, 6.45) is 0.948. The van der Waals surface area contributed by atoms with Crippen molar-refractivity contribution in [1.82, 2.24) is 15.3 Å². The highest BCUT2D eigenvalue weighted by molar-refractivity contribution is 7.92. The first-order chi connectivity index (χ1) is 16.0. The van der Waals surface area contributed by atoms with Crippen LogP contribution in [0.4, 0.5) is 20.5 Å². The molecule has 1 saturated heterocycles. The molecule has 2 aromatic carbocycles. The van der Waals surface area contributed by atoms with Crippen LogP contribution in [0.5, 0.6) is 5.75 Å². The number of rotatable bonds is 5. The van der Waals surface area contributed by atoms with Gasteiger partial charge in [0.15, 0.2) is 5.82 Å². The zero-order valence-corrected chi connectivity index (χ0v) is 20.6. The summed E-state index contributed by atoms with van der Waals surface area (Å²) in [7, 11) is -2.41. The first-order valence-corrected chi connectivity index (χ1v) is 12.8. The molecular formula is C22H24ClF2N5O3S. The van der Waals surface area contributed by atoms with Gasteiger partial charge in [0.25, 0.3) is 0 Å². The van der Waals surface area contributed by atoms with Crippen LogP contribution in [0, 0.1) is 11.6 Å². The lowest BCUT2D eigenvalue weighted by Crippen LogP contribution is -2.54. The van der Waals surface area contributed by atoms with E-state index >= 15 is 4.39 Å². The van der Waals surface area contributed by atoms with Crippen molar-refractivity contribution in [3.63, 3.8) is 0 Å². The summed E-state index contributed by atoms with van der Waals surface area (Å²) in [5.41, 5.74) is -0.587. The van der Waals surface area contributed by atoms with E-state index in [1.54, 1.807) is 0 Å². The summed E-state index contributed by atoms with van der Waals surface area (Å²) >= 11 is 6.51. The van der Waals surface area contributed by atoms with Crippen LogP contribution in [-0.2, 0) is 10.0 Å². The molecule has 12 heteroatoms. The number of fused-ring (bicyclic) bond motifs is 1. The van der Waals surface area contributed by atoms with Crippen molar-refractivity contribution in [2.45, 2.75) is 25.9 Å². The molecule has 182 valence electrons. The highest BCUT2D eigenvalue weighted by Gasteiger charge is 2.29. The number of halogens is 3. The Morgan fingerprint density at radius 1 is 1.24 bits per heavy atom. The van der Waals surface area contributed by atoms with Gasteiger partial charge in [-0.25, -0.2) is 22.2 Å². The van der Waals surface area contributed by atoms with E-state index in [1.807, 2.05) is 18.7 Å². The van der Waals surface area contributed by atoms with Gasteiger partial charge in [0.2, 0.25) is 16.0 Å². The normalized spacial score (nSPS) is 18.9. The summed E-state index contributed by atoms with van der Waals surface area (Å²) < 4.78 is 62.1. The largest absolute Gasteiger partial charge is 0.496 e. The number of nitrogens with one attached hydrogen (secondary N) is 2. The van der Waals surface area contributed by atoms with Gasteiger partial charge in [0.05, 0.1) is 24.0 Å². The van der Waals surface area contributed by atoms with Crippen molar-refractivity contribution in [1.29, 1.82) is 0 Å². The van der Waals surface area contributed by atoms with Crippen LogP contribution >= 0.6 is 11.6 Å². The molecule has 34 heavy (non-hydrogen) atoms. The molecule has 1 aliphatic heterocycles. The van der Waals surface area contributed by atoms with Crippen LogP contribution < -0.4 is 19.7 Å². The molecule has 3 aromatic rings. The van der Waals surface area contributed by atoms with Gasteiger partial charge in [0, 0.05) is 36.1 Å². The molecule has 0 amide bonds. The Balaban J connectivity index is 2.04. The zero-order chi connectivity index (χ0) is 24.8. The van der Waals surface area contributed by atoms with Gasteiger partial charge in [-0.1, -0.05) is 17.7 Å². The fourth-order valence-electron chi connectivity index (χ4n) is 4.07. The van der Waals surface area contributed by atoms with Gasteiger partial charge < -0.3 is 15.0 Å².